The van der Waals surface area contributed by atoms with Crippen LogP contribution < -0.4 is 10.1 Å². The number of hydrogen-bond acceptors (Lipinski definition) is 2. The second-order valence-corrected chi connectivity index (χ2v) is 3.75. The van der Waals surface area contributed by atoms with E-state index in [-0.39, 0.29) is 0 Å². The smallest absolute Gasteiger partial charge is 0.142 e. The van der Waals surface area contributed by atoms with Gasteiger partial charge in [0.1, 0.15) is 5.75 Å². The van der Waals surface area contributed by atoms with Gasteiger partial charge in [0.05, 0.1) is 12.8 Å². The summed E-state index contributed by atoms with van der Waals surface area (Å²) in [6, 6.07) is 5.79. The number of ether oxygens (including phenoxy) is 1. The van der Waals surface area contributed by atoms with E-state index in [9.17, 15) is 0 Å². The molecule has 1 N–H and O–H groups in total. The molecule has 0 fully saturated rings. The van der Waals surface area contributed by atoms with E-state index in [1.165, 1.54) is 5.54 Å². The minimum atomic E-state index is 0.677. The Labute approximate surface area is 97.0 Å². The van der Waals surface area contributed by atoms with E-state index in [0.29, 0.717) is 6.54 Å². The van der Waals surface area contributed by atoms with Crippen LogP contribution in [0.2, 0.25) is 0 Å². The van der Waals surface area contributed by atoms with E-state index in [0.717, 1.165) is 15.9 Å². The van der Waals surface area contributed by atoms with Gasteiger partial charge in [0, 0.05) is 16.6 Å². The quantitative estimate of drug-likeness (QED) is 0.907. The van der Waals surface area contributed by atoms with E-state index >= 15 is 0 Å². The second kappa shape index (κ2) is 5.94. The number of benzene rings is 1. The average Bonchev–Trinajstić information content (AvgIpc) is 2.19. The first kappa shape index (κ1) is 11.4. The lowest BCUT2D eigenvalue weighted by molar-refractivity contribution is 0.416. The Kier molecular flexibility index (Phi) is 4.84. The first-order valence-corrected chi connectivity index (χ1v) is 5.33. The van der Waals surface area contributed by atoms with Gasteiger partial charge in [0.25, 0.3) is 0 Å². The third kappa shape index (κ3) is 3.24. The molecule has 1 aromatic carbocycles. The topological polar surface area (TPSA) is 21.3 Å². The summed E-state index contributed by atoms with van der Waals surface area (Å²) in [6.45, 7) is 0.677. The van der Waals surface area contributed by atoms with Crippen LogP contribution in [0, 0.1) is 0 Å². The zero-order chi connectivity index (χ0) is 10.4. The lowest BCUT2D eigenvalue weighted by atomic mass is 10.3. The minimum Gasteiger partial charge on any atom is -0.495 e. The fraction of sp³-hybridized carbons (Fsp3) is 0.200. The Balaban J connectivity index is 2.76. The van der Waals surface area contributed by atoms with Crippen LogP contribution in [-0.2, 0) is 0 Å². The highest BCUT2D eigenvalue weighted by Gasteiger charge is 2.01. The van der Waals surface area contributed by atoms with Gasteiger partial charge in [0.2, 0.25) is 0 Å². The third-order valence-corrected chi connectivity index (χ3v) is 2.33. The second-order valence-electron chi connectivity index (χ2n) is 2.59. The molecule has 0 amide bonds. The fourth-order valence-electron chi connectivity index (χ4n) is 1.03. The van der Waals surface area contributed by atoms with Crippen LogP contribution in [0.1, 0.15) is 0 Å². The maximum Gasteiger partial charge on any atom is 0.142 e. The molecule has 0 atom stereocenters. The summed E-state index contributed by atoms with van der Waals surface area (Å²) in [6.07, 6.45) is 1.82. The van der Waals surface area contributed by atoms with Gasteiger partial charge in [-0.25, -0.2) is 0 Å². The van der Waals surface area contributed by atoms with Crippen molar-refractivity contribution in [3.05, 3.63) is 34.3 Å². The summed E-state index contributed by atoms with van der Waals surface area (Å²) >= 11 is 8.81. The zero-order valence-corrected chi connectivity index (χ0v) is 10.1. The van der Waals surface area contributed by atoms with E-state index in [4.69, 9.17) is 16.3 Å². The van der Waals surface area contributed by atoms with E-state index in [1.54, 1.807) is 7.11 Å². The summed E-state index contributed by atoms with van der Waals surface area (Å²) in [4.78, 5) is 0. The monoisotopic (exact) mass is 275 g/mol. The van der Waals surface area contributed by atoms with Crippen LogP contribution in [0.3, 0.4) is 0 Å². The van der Waals surface area contributed by atoms with Gasteiger partial charge in [0.15, 0.2) is 0 Å². The normalized spacial score (nSPS) is 10.5. The standard InChI is InChI=1S/C10H11BrClNO/c1-14-10-4-3-8(11)7-9(10)13-6-2-5-12/h2-5,7,13H,6H2,1H3/b5-2+. The molecule has 14 heavy (non-hydrogen) atoms. The van der Waals surface area contributed by atoms with Crippen molar-refractivity contribution in [1.82, 2.24) is 0 Å². The fourth-order valence-corrected chi connectivity index (χ4v) is 1.48. The molecule has 0 bridgehead atoms. The lowest BCUT2D eigenvalue weighted by Gasteiger charge is -2.09. The molecule has 0 aromatic heterocycles. The minimum absolute atomic E-state index is 0.677. The summed E-state index contributed by atoms with van der Waals surface area (Å²) in [5.74, 6) is 0.816. The van der Waals surface area contributed by atoms with Crippen molar-refractivity contribution >= 4 is 33.2 Å². The van der Waals surface area contributed by atoms with Crippen LogP contribution in [0.5, 0.6) is 5.75 Å². The van der Waals surface area contributed by atoms with E-state index < -0.39 is 0 Å². The molecule has 0 saturated carbocycles. The number of anilines is 1. The van der Waals surface area contributed by atoms with Gasteiger partial charge in [-0.05, 0) is 18.2 Å². The molecule has 0 unspecified atom stereocenters. The summed E-state index contributed by atoms with van der Waals surface area (Å²) in [5.41, 5.74) is 2.42. The third-order valence-electron chi connectivity index (χ3n) is 1.66. The predicted molar refractivity (Wildman–Crippen MR) is 64.2 cm³/mol. The Bertz CT molecular complexity index is 328. The van der Waals surface area contributed by atoms with Crippen molar-refractivity contribution in [2.75, 3.05) is 19.0 Å². The molecular weight excluding hydrogens is 265 g/mol. The summed E-state index contributed by atoms with van der Waals surface area (Å²) in [5, 5.41) is 3.18. The molecule has 76 valence electrons. The van der Waals surface area contributed by atoms with Gasteiger partial charge in [-0.1, -0.05) is 33.6 Å². The van der Waals surface area contributed by atoms with Crippen molar-refractivity contribution in [2.45, 2.75) is 0 Å². The van der Waals surface area contributed by atoms with Crippen LogP contribution in [0.15, 0.2) is 34.3 Å². The van der Waals surface area contributed by atoms with Gasteiger partial charge < -0.3 is 10.1 Å². The molecule has 0 saturated heterocycles. The number of halogens is 2. The van der Waals surface area contributed by atoms with Crippen molar-refractivity contribution in [3.63, 3.8) is 0 Å². The van der Waals surface area contributed by atoms with Gasteiger partial charge >= 0.3 is 0 Å². The largest absolute Gasteiger partial charge is 0.495 e. The number of rotatable bonds is 4. The Hall–Kier alpha value is -0.670. The van der Waals surface area contributed by atoms with Crippen LogP contribution in [-0.4, -0.2) is 13.7 Å². The highest BCUT2D eigenvalue weighted by molar-refractivity contribution is 9.10. The molecule has 0 heterocycles. The number of nitrogens with one attached hydrogen (secondary N) is 1. The maximum atomic E-state index is 5.41. The van der Waals surface area contributed by atoms with Gasteiger partial charge in [-0.15, -0.1) is 0 Å². The van der Waals surface area contributed by atoms with Gasteiger partial charge in [-0.2, -0.15) is 0 Å². The molecule has 0 aliphatic rings. The van der Waals surface area contributed by atoms with E-state index in [2.05, 4.69) is 21.2 Å². The number of methoxy groups -OCH3 is 1. The van der Waals surface area contributed by atoms with E-state index in [1.807, 2.05) is 24.3 Å². The zero-order valence-electron chi connectivity index (χ0n) is 7.76. The molecule has 0 spiro atoms. The average molecular weight is 277 g/mol. The van der Waals surface area contributed by atoms with Gasteiger partial charge in [-0.3, -0.25) is 0 Å². The molecular formula is C10H11BrClNO. The lowest BCUT2D eigenvalue weighted by Crippen LogP contribution is -2.00. The first-order valence-electron chi connectivity index (χ1n) is 4.10. The molecule has 0 radical (unpaired) electrons. The molecule has 2 nitrogen and oxygen atoms in total. The highest BCUT2D eigenvalue weighted by atomic mass is 79.9. The Morgan fingerprint density at radius 3 is 3.00 bits per heavy atom. The van der Waals surface area contributed by atoms with Crippen molar-refractivity contribution < 1.29 is 4.74 Å². The Morgan fingerprint density at radius 1 is 1.57 bits per heavy atom. The Morgan fingerprint density at radius 2 is 2.36 bits per heavy atom. The molecule has 4 heteroatoms. The molecule has 1 rings (SSSR count). The van der Waals surface area contributed by atoms with Crippen molar-refractivity contribution in [1.29, 1.82) is 0 Å². The summed E-state index contributed by atoms with van der Waals surface area (Å²) < 4.78 is 6.20. The van der Waals surface area contributed by atoms with Crippen LogP contribution in [0.4, 0.5) is 5.69 Å². The molecule has 0 aliphatic carbocycles. The van der Waals surface area contributed by atoms with Crippen LogP contribution >= 0.6 is 27.5 Å². The van der Waals surface area contributed by atoms with Crippen molar-refractivity contribution in [3.8, 4) is 5.75 Å². The summed E-state index contributed by atoms with van der Waals surface area (Å²) in [7, 11) is 1.64. The molecule has 0 aliphatic heterocycles. The number of hydrogen-bond donors (Lipinski definition) is 1. The first-order chi connectivity index (χ1) is 6.77. The molecule has 1 aromatic rings. The van der Waals surface area contributed by atoms with Crippen molar-refractivity contribution in [2.24, 2.45) is 0 Å². The highest BCUT2D eigenvalue weighted by Crippen LogP contribution is 2.27. The SMILES string of the molecule is COc1ccc(Br)cc1NC/C=C/Cl. The van der Waals surface area contributed by atoms with Crippen LogP contribution in [0.25, 0.3) is 0 Å². The maximum absolute atomic E-state index is 5.41. The predicted octanol–water partition coefficient (Wildman–Crippen LogP) is 3.62.